The normalized spacial score (nSPS) is 27.4. The van der Waals surface area contributed by atoms with Crippen LogP contribution >= 0.6 is 11.6 Å². The molecule has 4 rings (SSSR count). The molecule has 0 bridgehead atoms. The quantitative estimate of drug-likeness (QED) is 0.607. The van der Waals surface area contributed by atoms with E-state index in [1.807, 2.05) is 0 Å². The number of rotatable bonds is 8. The number of amides is 1. The molecule has 3 aliphatic rings. The SMILES string of the molecule is CN1CCCC1CCNC(=O)OC[C@@H]1CCC[C@H](C2CC2)N1S(=O)(=O)c1ccc(Cl)cc1. The van der Waals surface area contributed by atoms with Gasteiger partial charge < -0.3 is 15.0 Å². The summed E-state index contributed by atoms with van der Waals surface area (Å²) in [5, 5.41) is 3.34. The number of piperidine rings is 1. The molecule has 1 aliphatic carbocycles. The number of hydrogen-bond acceptors (Lipinski definition) is 5. The number of benzene rings is 1. The minimum absolute atomic E-state index is 0.0287. The molecule has 1 amide bonds. The highest BCUT2D eigenvalue weighted by atomic mass is 35.5. The van der Waals surface area contributed by atoms with E-state index in [0.717, 1.165) is 45.1 Å². The first-order valence-corrected chi connectivity index (χ1v) is 13.6. The maximum atomic E-state index is 13.6. The number of carbonyl (C=O) groups excluding carboxylic acids is 1. The number of likely N-dealkylation sites (tertiary alicyclic amines) is 1. The molecular weight excluding hydrogens is 450 g/mol. The summed E-state index contributed by atoms with van der Waals surface area (Å²) in [6, 6.07) is 6.45. The summed E-state index contributed by atoms with van der Waals surface area (Å²) >= 11 is 5.97. The van der Waals surface area contributed by atoms with Crippen molar-refractivity contribution in [2.75, 3.05) is 26.7 Å². The van der Waals surface area contributed by atoms with Crippen molar-refractivity contribution in [2.24, 2.45) is 5.92 Å². The third kappa shape index (κ3) is 5.58. The highest BCUT2D eigenvalue weighted by molar-refractivity contribution is 7.89. The molecule has 0 aromatic heterocycles. The van der Waals surface area contributed by atoms with Gasteiger partial charge in [0.15, 0.2) is 0 Å². The zero-order valence-electron chi connectivity index (χ0n) is 18.7. The van der Waals surface area contributed by atoms with E-state index < -0.39 is 16.1 Å². The predicted molar refractivity (Wildman–Crippen MR) is 124 cm³/mol. The molecule has 1 N–H and O–H groups in total. The van der Waals surface area contributed by atoms with E-state index in [9.17, 15) is 13.2 Å². The van der Waals surface area contributed by atoms with Gasteiger partial charge in [0.2, 0.25) is 10.0 Å². The summed E-state index contributed by atoms with van der Waals surface area (Å²) < 4.78 is 34.3. The van der Waals surface area contributed by atoms with Gasteiger partial charge in [0, 0.05) is 23.7 Å². The summed E-state index contributed by atoms with van der Waals surface area (Å²) in [5.74, 6) is 0.400. The number of alkyl carbamates (subject to hydrolysis) is 1. The average molecular weight is 484 g/mol. The Balaban J connectivity index is 1.38. The molecule has 1 saturated carbocycles. The van der Waals surface area contributed by atoms with Gasteiger partial charge in [0.1, 0.15) is 6.61 Å². The zero-order chi connectivity index (χ0) is 22.7. The van der Waals surface area contributed by atoms with E-state index in [1.165, 1.54) is 6.42 Å². The van der Waals surface area contributed by atoms with Crippen LogP contribution < -0.4 is 5.32 Å². The fourth-order valence-corrected chi connectivity index (χ4v) is 7.22. The Hall–Kier alpha value is -1.35. The smallest absolute Gasteiger partial charge is 0.407 e. The van der Waals surface area contributed by atoms with E-state index in [4.69, 9.17) is 16.3 Å². The molecule has 1 aromatic carbocycles. The minimum Gasteiger partial charge on any atom is -0.448 e. The molecule has 0 spiro atoms. The molecular formula is C23H34ClN3O4S. The maximum Gasteiger partial charge on any atom is 0.407 e. The molecule has 1 unspecified atom stereocenters. The van der Waals surface area contributed by atoms with Gasteiger partial charge in [-0.05, 0) is 88.7 Å². The van der Waals surface area contributed by atoms with Crippen molar-refractivity contribution in [2.45, 2.75) is 74.4 Å². The molecule has 2 heterocycles. The number of carbonyl (C=O) groups is 1. The topological polar surface area (TPSA) is 79.0 Å². The lowest BCUT2D eigenvalue weighted by Crippen LogP contribution is -2.53. The van der Waals surface area contributed by atoms with Crippen LogP contribution in [0.4, 0.5) is 4.79 Å². The van der Waals surface area contributed by atoms with Crippen molar-refractivity contribution in [3.8, 4) is 0 Å². The molecule has 7 nitrogen and oxygen atoms in total. The zero-order valence-corrected chi connectivity index (χ0v) is 20.3. The van der Waals surface area contributed by atoms with Crippen molar-refractivity contribution < 1.29 is 17.9 Å². The van der Waals surface area contributed by atoms with E-state index in [2.05, 4.69) is 17.3 Å². The first-order valence-electron chi connectivity index (χ1n) is 11.8. The lowest BCUT2D eigenvalue weighted by molar-refractivity contribution is 0.0797. The lowest BCUT2D eigenvalue weighted by atomic mass is 9.96. The molecule has 32 heavy (non-hydrogen) atoms. The van der Waals surface area contributed by atoms with E-state index in [0.29, 0.717) is 29.9 Å². The highest BCUT2D eigenvalue weighted by Crippen LogP contribution is 2.43. The highest BCUT2D eigenvalue weighted by Gasteiger charge is 2.46. The van der Waals surface area contributed by atoms with Gasteiger partial charge in [0.25, 0.3) is 0 Å². The Morgan fingerprint density at radius 2 is 1.81 bits per heavy atom. The Morgan fingerprint density at radius 1 is 1.09 bits per heavy atom. The largest absolute Gasteiger partial charge is 0.448 e. The second kappa shape index (κ2) is 10.3. The van der Waals surface area contributed by atoms with Gasteiger partial charge >= 0.3 is 6.09 Å². The van der Waals surface area contributed by atoms with Crippen molar-refractivity contribution in [1.29, 1.82) is 0 Å². The van der Waals surface area contributed by atoms with Crippen LogP contribution in [0.15, 0.2) is 29.2 Å². The Kier molecular flexibility index (Phi) is 7.65. The number of sulfonamides is 1. The number of nitrogens with zero attached hydrogens (tertiary/aromatic N) is 2. The summed E-state index contributed by atoms with van der Waals surface area (Å²) in [6.07, 6.45) is 7.39. The molecule has 9 heteroatoms. The van der Waals surface area contributed by atoms with Crippen LogP contribution in [0.1, 0.15) is 51.4 Å². The van der Waals surface area contributed by atoms with Crippen LogP contribution in [0.3, 0.4) is 0 Å². The fraction of sp³-hybridized carbons (Fsp3) is 0.696. The van der Waals surface area contributed by atoms with Crippen molar-refractivity contribution >= 4 is 27.7 Å². The minimum atomic E-state index is -3.71. The van der Waals surface area contributed by atoms with Gasteiger partial charge in [-0.25, -0.2) is 13.2 Å². The molecule has 178 valence electrons. The lowest BCUT2D eigenvalue weighted by Gasteiger charge is -2.41. The van der Waals surface area contributed by atoms with Gasteiger partial charge in [-0.1, -0.05) is 18.0 Å². The van der Waals surface area contributed by atoms with Crippen LogP contribution in [-0.4, -0.2) is 68.6 Å². The van der Waals surface area contributed by atoms with Gasteiger partial charge in [0.05, 0.1) is 10.9 Å². The summed E-state index contributed by atoms with van der Waals surface area (Å²) in [7, 11) is -1.59. The van der Waals surface area contributed by atoms with Crippen LogP contribution in [0.5, 0.6) is 0 Å². The van der Waals surface area contributed by atoms with Crippen LogP contribution in [0.2, 0.25) is 5.02 Å². The number of hydrogen-bond donors (Lipinski definition) is 1. The Morgan fingerprint density at radius 3 is 2.47 bits per heavy atom. The van der Waals surface area contributed by atoms with Crippen LogP contribution in [0.25, 0.3) is 0 Å². The van der Waals surface area contributed by atoms with Crippen molar-refractivity contribution in [1.82, 2.24) is 14.5 Å². The van der Waals surface area contributed by atoms with Crippen LogP contribution in [0, 0.1) is 5.92 Å². The third-order valence-corrected chi connectivity index (χ3v) is 9.35. The Labute approximate surface area is 196 Å². The molecule has 3 atom stereocenters. The second-order valence-corrected chi connectivity index (χ2v) is 11.6. The first kappa shape index (κ1) is 23.8. The maximum absolute atomic E-state index is 13.6. The molecule has 3 fully saturated rings. The standard InChI is InChI=1S/C23H34ClN3O4S/c1-26-15-3-5-19(26)13-14-25-23(28)31-16-20-4-2-6-22(17-7-8-17)27(20)32(29,30)21-11-9-18(24)10-12-21/h9-12,17,19-20,22H,2-8,13-16H2,1H3,(H,25,28)/t19?,20-,22+/m0/s1. The summed E-state index contributed by atoms with van der Waals surface area (Å²) in [4.78, 5) is 14.9. The molecule has 0 radical (unpaired) electrons. The molecule has 1 aromatic rings. The summed E-state index contributed by atoms with van der Waals surface area (Å²) in [6.45, 7) is 1.75. The van der Waals surface area contributed by atoms with Crippen LogP contribution in [-0.2, 0) is 14.8 Å². The third-order valence-electron chi connectivity index (χ3n) is 7.10. The molecule has 2 aliphatic heterocycles. The number of ether oxygens (including phenoxy) is 1. The van der Waals surface area contributed by atoms with E-state index in [1.54, 1.807) is 28.6 Å². The van der Waals surface area contributed by atoms with Gasteiger partial charge in [-0.3, -0.25) is 0 Å². The number of halogens is 1. The monoisotopic (exact) mass is 483 g/mol. The van der Waals surface area contributed by atoms with E-state index >= 15 is 0 Å². The number of nitrogens with one attached hydrogen (secondary N) is 1. The summed E-state index contributed by atoms with van der Waals surface area (Å²) in [5.41, 5.74) is 0. The fourth-order valence-electron chi connectivity index (χ4n) is 5.18. The first-order chi connectivity index (χ1) is 15.4. The Bertz CT molecular complexity index is 891. The van der Waals surface area contributed by atoms with Gasteiger partial charge in [-0.15, -0.1) is 0 Å². The van der Waals surface area contributed by atoms with Crippen molar-refractivity contribution in [3.05, 3.63) is 29.3 Å². The predicted octanol–water partition coefficient (Wildman–Crippen LogP) is 3.87. The average Bonchev–Trinajstić information content (AvgIpc) is 3.55. The van der Waals surface area contributed by atoms with Crippen molar-refractivity contribution in [3.63, 3.8) is 0 Å². The van der Waals surface area contributed by atoms with E-state index in [-0.39, 0.29) is 23.6 Å². The molecule has 2 saturated heterocycles. The second-order valence-electron chi connectivity index (χ2n) is 9.37. The van der Waals surface area contributed by atoms with Gasteiger partial charge in [-0.2, -0.15) is 4.31 Å².